The zero-order chi connectivity index (χ0) is 21.0. The summed E-state index contributed by atoms with van der Waals surface area (Å²) in [6.45, 7) is 8.19. The second-order valence-corrected chi connectivity index (χ2v) is 7.49. The van der Waals surface area contributed by atoms with Crippen LogP contribution in [0.2, 0.25) is 0 Å². The highest BCUT2D eigenvalue weighted by molar-refractivity contribution is 6.07. The number of pyridine rings is 1. The minimum Gasteiger partial charge on any atom is -0.322 e. The first-order valence-corrected chi connectivity index (χ1v) is 9.59. The lowest BCUT2D eigenvalue weighted by Crippen LogP contribution is -2.17. The number of carbonyl (C=O) groups is 2. The molecule has 0 saturated carbocycles. The standard InChI is InChI=1S/C24H25N3O2/c1-15(2)18-5-7-20(8-6-18)26-24(29)22-14-19(9-10-25-22)23(28)27-21-12-16(3)11-17(4)13-21/h5-15H,1-4H3,(H,26,29)(H,27,28). The van der Waals surface area contributed by atoms with E-state index in [-0.39, 0.29) is 17.5 Å². The smallest absolute Gasteiger partial charge is 0.274 e. The molecule has 0 aliphatic carbocycles. The first kappa shape index (κ1) is 20.3. The van der Waals surface area contributed by atoms with Crippen molar-refractivity contribution in [1.29, 1.82) is 0 Å². The van der Waals surface area contributed by atoms with Gasteiger partial charge >= 0.3 is 0 Å². The van der Waals surface area contributed by atoms with E-state index in [1.165, 1.54) is 17.8 Å². The van der Waals surface area contributed by atoms with Crippen molar-refractivity contribution in [3.05, 3.63) is 88.7 Å². The number of amides is 2. The number of carbonyl (C=O) groups excluding carboxylic acids is 2. The van der Waals surface area contributed by atoms with Crippen LogP contribution in [0.1, 0.15) is 57.3 Å². The first-order valence-electron chi connectivity index (χ1n) is 9.59. The predicted molar refractivity (Wildman–Crippen MR) is 117 cm³/mol. The number of aryl methyl sites for hydroxylation is 2. The van der Waals surface area contributed by atoms with Crippen molar-refractivity contribution in [2.75, 3.05) is 10.6 Å². The molecule has 0 bridgehead atoms. The zero-order valence-corrected chi connectivity index (χ0v) is 17.1. The van der Waals surface area contributed by atoms with Crippen LogP contribution >= 0.6 is 0 Å². The molecule has 2 N–H and O–H groups in total. The molecule has 148 valence electrons. The quantitative estimate of drug-likeness (QED) is 0.622. The van der Waals surface area contributed by atoms with Gasteiger partial charge in [0.2, 0.25) is 0 Å². The van der Waals surface area contributed by atoms with Crippen LogP contribution in [-0.2, 0) is 0 Å². The minimum absolute atomic E-state index is 0.186. The summed E-state index contributed by atoms with van der Waals surface area (Å²) in [4.78, 5) is 29.3. The van der Waals surface area contributed by atoms with E-state index in [0.717, 1.165) is 16.8 Å². The number of anilines is 2. The summed E-state index contributed by atoms with van der Waals surface area (Å²) in [5, 5.41) is 5.70. The molecular formula is C24H25N3O2. The Bertz CT molecular complexity index is 1020. The molecule has 29 heavy (non-hydrogen) atoms. The van der Waals surface area contributed by atoms with Gasteiger partial charge < -0.3 is 10.6 Å². The van der Waals surface area contributed by atoms with Gasteiger partial charge in [-0.3, -0.25) is 14.6 Å². The molecule has 5 heteroatoms. The van der Waals surface area contributed by atoms with E-state index in [0.29, 0.717) is 17.2 Å². The lowest BCUT2D eigenvalue weighted by molar-refractivity contribution is 0.102. The topological polar surface area (TPSA) is 71.1 Å². The van der Waals surface area contributed by atoms with Crippen LogP contribution < -0.4 is 10.6 Å². The summed E-state index contributed by atoms with van der Waals surface area (Å²) in [6, 6.07) is 16.6. The lowest BCUT2D eigenvalue weighted by Gasteiger charge is -2.10. The SMILES string of the molecule is Cc1cc(C)cc(NC(=O)c2ccnc(C(=O)Nc3ccc(C(C)C)cc3)c2)c1. The average Bonchev–Trinajstić information content (AvgIpc) is 2.67. The van der Waals surface area contributed by atoms with Gasteiger partial charge in [0.05, 0.1) is 0 Å². The molecule has 0 atom stereocenters. The van der Waals surface area contributed by atoms with Gasteiger partial charge in [-0.1, -0.05) is 32.0 Å². The van der Waals surface area contributed by atoms with Crippen LogP contribution in [0, 0.1) is 13.8 Å². The number of rotatable bonds is 5. The van der Waals surface area contributed by atoms with Gasteiger partial charge in [-0.15, -0.1) is 0 Å². The van der Waals surface area contributed by atoms with Gasteiger partial charge in [-0.2, -0.15) is 0 Å². The molecule has 0 unspecified atom stereocenters. The summed E-state index contributed by atoms with van der Waals surface area (Å²) in [5.74, 6) is -0.218. The van der Waals surface area contributed by atoms with Crippen LogP contribution in [0.3, 0.4) is 0 Å². The molecule has 0 radical (unpaired) electrons. The van der Waals surface area contributed by atoms with E-state index in [4.69, 9.17) is 0 Å². The molecule has 1 heterocycles. The third-order valence-corrected chi connectivity index (χ3v) is 4.57. The van der Waals surface area contributed by atoms with Gasteiger partial charge in [0.15, 0.2) is 0 Å². The Kier molecular flexibility index (Phi) is 6.07. The molecule has 5 nitrogen and oxygen atoms in total. The maximum absolute atomic E-state index is 12.6. The minimum atomic E-state index is -0.358. The van der Waals surface area contributed by atoms with Crippen LogP contribution in [0.4, 0.5) is 11.4 Å². The van der Waals surface area contributed by atoms with E-state index < -0.39 is 0 Å². The van der Waals surface area contributed by atoms with Crippen molar-refractivity contribution in [1.82, 2.24) is 4.98 Å². The number of benzene rings is 2. The van der Waals surface area contributed by atoms with Crippen LogP contribution in [0.15, 0.2) is 60.8 Å². The molecule has 2 aromatic carbocycles. The van der Waals surface area contributed by atoms with E-state index >= 15 is 0 Å². The number of hydrogen-bond acceptors (Lipinski definition) is 3. The molecule has 3 aromatic rings. The van der Waals surface area contributed by atoms with Crippen molar-refractivity contribution in [3.8, 4) is 0 Å². The highest BCUT2D eigenvalue weighted by Crippen LogP contribution is 2.18. The van der Waals surface area contributed by atoms with E-state index in [1.54, 1.807) is 6.07 Å². The van der Waals surface area contributed by atoms with E-state index in [1.807, 2.05) is 56.3 Å². The fourth-order valence-corrected chi connectivity index (χ4v) is 3.09. The van der Waals surface area contributed by atoms with Crippen LogP contribution in [-0.4, -0.2) is 16.8 Å². The summed E-state index contributed by atoms with van der Waals surface area (Å²) in [5.41, 5.74) is 5.31. The molecule has 1 aromatic heterocycles. The Balaban J connectivity index is 1.72. The fraction of sp³-hybridized carbons (Fsp3) is 0.208. The number of aromatic nitrogens is 1. The summed E-state index contributed by atoms with van der Waals surface area (Å²) in [6.07, 6.45) is 1.47. The first-order chi connectivity index (χ1) is 13.8. The molecule has 2 amide bonds. The van der Waals surface area contributed by atoms with Crippen molar-refractivity contribution < 1.29 is 9.59 Å². The van der Waals surface area contributed by atoms with Gasteiger partial charge in [0.1, 0.15) is 5.69 Å². The zero-order valence-electron chi connectivity index (χ0n) is 17.1. The second-order valence-electron chi connectivity index (χ2n) is 7.49. The van der Waals surface area contributed by atoms with Gasteiger partial charge in [0, 0.05) is 23.1 Å². The van der Waals surface area contributed by atoms with Gasteiger partial charge in [0.25, 0.3) is 11.8 Å². The van der Waals surface area contributed by atoms with E-state index in [9.17, 15) is 9.59 Å². The maximum atomic E-state index is 12.6. The third kappa shape index (κ3) is 5.29. The highest BCUT2D eigenvalue weighted by Gasteiger charge is 2.13. The second kappa shape index (κ2) is 8.69. The van der Waals surface area contributed by atoms with Crippen molar-refractivity contribution in [2.24, 2.45) is 0 Å². The van der Waals surface area contributed by atoms with Crippen LogP contribution in [0.25, 0.3) is 0 Å². The Morgan fingerprint density at radius 3 is 2.03 bits per heavy atom. The number of nitrogens with one attached hydrogen (secondary N) is 2. The summed E-state index contributed by atoms with van der Waals surface area (Å²) in [7, 11) is 0. The highest BCUT2D eigenvalue weighted by atomic mass is 16.2. The van der Waals surface area contributed by atoms with Crippen molar-refractivity contribution in [3.63, 3.8) is 0 Å². The maximum Gasteiger partial charge on any atom is 0.274 e. The lowest BCUT2D eigenvalue weighted by atomic mass is 10.0. The average molecular weight is 387 g/mol. The molecular weight excluding hydrogens is 362 g/mol. The van der Waals surface area contributed by atoms with Crippen LogP contribution in [0.5, 0.6) is 0 Å². The molecule has 0 aliphatic rings. The molecule has 0 fully saturated rings. The molecule has 0 spiro atoms. The third-order valence-electron chi connectivity index (χ3n) is 4.57. The Labute approximate surface area is 171 Å². The number of hydrogen-bond donors (Lipinski definition) is 2. The van der Waals surface area contributed by atoms with Gasteiger partial charge in [-0.25, -0.2) is 0 Å². The van der Waals surface area contributed by atoms with E-state index in [2.05, 4.69) is 29.5 Å². The monoisotopic (exact) mass is 387 g/mol. The number of nitrogens with zero attached hydrogens (tertiary/aromatic N) is 1. The Morgan fingerprint density at radius 1 is 0.793 bits per heavy atom. The summed E-state index contributed by atoms with van der Waals surface area (Å²) >= 11 is 0. The fourth-order valence-electron chi connectivity index (χ4n) is 3.09. The summed E-state index contributed by atoms with van der Waals surface area (Å²) < 4.78 is 0. The molecule has 0 saturated heterocycles. The molecule has 0 aliphatic heterocycles. The van der Waals surface area contributed by atoms with Gasteiger partial charge in [-0.05, 0) is 72.9 Å². The Morgan fingerprint density at radius 2 is 1.41 bits per heavy atom. The Hall–Kier alpha value is -3.47. The van der Waals surface area contributed by atoms with Crippen molar-refractivity contribution >= 4 is 23.2 Å². The largest absolute Gasteiger partial charge is 0.322 e. The van der Waals surface area contributed by atoms with Crippen molar-refractivity contribution in [2.45, 2.75) is 33.6 Å². The predicted octanol–water partition coefficient (Wildman–Crippen LogP) is 5.33. The normalized spacial score (nSPS) is 10.7. The molecule has 3 rings (SSSR count).